The number of carbonyl (C=O) groups excluding carboxylic acids is 3. The number of aryl methyl sites for hydroxylation is 2. The van der Waals surface area contributed by atoms with Crippen LogP contribution in [0.5, 0.6) is 0 Å². The number of rotatable bonds is 3. The molecule has 0 spiro atoms. The summed E-state index contributed by atoms with van der Waals surface area (Å²) in [4.78, 5) is 30.7. The van der Waals surface area contributed by atoms with Crippen LogP contribution < -0.4 is 4.90 Å². The van der Waals surface area contributed by atoms with Crippen LogP contribution in [0.2, 0.25) is 0 Å². The van der Waals surface area contributed by atoms with Gasteiger partial charge in [0.2, 0.25) is 0 Å². The third kappa shape index (κ3) is 4.50. The Bertz CT molecular complexity index is 709. The van der Waals surface area contributed by atoms with Crippen LogP contribution in [-0.4, -0.2) is 12.1 Å². The van der Waals surface area contributed by atoms with Gasteiger partial charge in [-0.25, -0.2) is 0 Å². The summed E-state index contributed by atoms with van der Waals surface area (Å²) in [6.45, 7) is 9.84. The lowest BCUT2D eigenvalue weighted by molar-refractivity contribution is -0.191. The van der Waals surface area contributed by atoms with Crippen molar-refractivity contribution in [1.82, 2.24) is 0 Å². The predicted octanol–water partition coefficient (Wildman–Crippen LogP) is 3.90. The molecule has 0 saturated heterocycles. The van der Waals surface area contributed by atoms with Crippen molar-refractivity contribution in [3.05, 3.63) is 77.5 Å². The van der Waals surface area contributed by atoms with Gasteiger partial charge in [0.25, 0.3) is 5.91 Å². The number of benzene rings is 2. The van der Waals surface area contributed by atoms with E-state index in [0.717, 1.165) is 22.5 Å². The first-order valence-electron chi connectivity index (χ1n) is 7.04. The van der Waals surface area contributed by atoms with E-state index in [-0.39, 0.29) is 12.1 Å². The van der Waals surface area contributed by atoms with Crippen molar-refractivity contribution in [1.29, 1.82) is 0 Å². The molecule has 0 fully saturated rings. The summed E-state index contributed by atoms with van der Waals surface area (Å²) in [6.07, 6.45) is 0.250. The number of allylic oxidation sites excluding steroid dienone is 1. The van der Waals surface area contributed by atoms with Crippen molar-refractivity contribution in [2.45, 2.75) is 20.8 Å². The zero-order chi connectivity index (χ0) is 17.4. The molecule has 0 radical (unpaired) electrons. The maximum absolute atomic E-state index is 12.8. The average Bonchev–Trinajstić information content (AvgIpc) is 2.52. The zero-order valence-electron chi connectivity index (χ0n) is 13.5. The first-order valence-corrected chi connectivity index (χ1v) is 7.04. The summed E-state index contributed by atoms with van der Waals surface area (Å²) in [6, 6.07) is 15.3. The molecule has 1 amide bonds. The van der Waals surface area contributed by atoms with E-state index in [1.54, 1.807) is 4.90 Å². The first kappa shape index (κ1) is 18.1. The molecule has 0 heterocycles. The van der Waals surface area contributed by atoms with Gasteiger partial charge in [-0.15, -0.1) is 0 Å². The van der Waals surface area contributed by atoms with E-state index in [4.69, 9.17) is 9.59 Å². The van der Waals surface area contributed by atoms with Crippen molar-refractivity contribution in [2.75, 3.05) is 4.90 Å². The van der Waals surface area contributed by atoms with Crippen LogP contribution in [0.15, 0.2) is 60.8 Å². The number of amides is 1. The van der Waals surface area contributed by atoms with Gasteiger partial charge in [0.1, 0.15) is 0 Å². The van der Waals surface area contributed by atoms with Crippen molar-refractivity contribution >= 4 is 17.7 Å². The Kier molecular flexibility index (Phi) is 6.66. The van der Waals surface area contributed by atoms with Gasteiger partial charge in [-0.3, -0.25) is 9.69 Å². The largest absolute Gasteiger partial charge is 0.373 e. The van der Waals surface area contributed by atoms with Crippen molar-refractivity contribution in [3.8, 4) is 0 Å². The van der Waals surface area contributed by atoms with Crippen LogP contribution in [0.25, 0.3) is 0 Å². The molecule has 0 aliphatic rings. The molecule has 0 atom stereocenters. The lowest BCUT2D eigenvalue weighted by atomic mass is 10.1. The number of nitrogens with zero attached hydrogens (tertiary/aromatic N) is 1. The second kappa shape index (κ2) is 8.47. The third-order valence-corrected chi connectivity index (χ3v) is 3.27. The fraction of sp³-hybridized carbons (Fsp3) is 0.158. The molecule has 2 aromatic rings. The highest BCUT2D eigenvalue weighted by molar-refractivity contribution is 6.08. The van der Waals surface area contributed by atoms with Crippen molar-refractivity contribution in [2.24, 2.45) is 0 Å². The Hall–Kier alpha value is -2.97. The van der Waals surface area contributed by atoms with Gasteiger partial charge in [-0.1, -0.05) is 43.0 Å². The number of carbonyl (C=O) groups is 1. The Morgan fingerprint density at radius 1 is 0.957 bits per heavy atom. The van der Waals surface area contributed by atoms with E-state index in [1.165, 1.54) is 0 Å². The normalized spacial score (nSPS) is 9.17. The number of hydrogen-bond acceptors (Lipinski definition) is 3. The lowest BCUT2D eigenvalue weighted by Crippen LogP contribution is -2.30. The Morgan fingerprint density at radius 2 is 1.43 bits per heavy atom. The summed E-state index contributed by atoms with van der Waals surface area (Å²) >= 11 is 0. The SMILES string of the molecule is C=C(C)N(C(=O)c1ccccc1)c1c(C)cccc1C.O=C=O. The quantitative estimate of drug-likeness (QED) is 0.864. The minimum Gasteiger partial charge on any atom is -0.281 e. The van der Waals surface area contributed by atoms with Gasteiger partial charge < -0.3 is 0 Å². The zero-order valence-corrected chi connectivity index (χ0v) is 13.5. The molecule has 0 unspecified atom stereocenters. The van der Waals surface area contributed by atoms with Crippen LogP contribution in [0.4, 0.5) is 5.69 Å². The van der Waals surface area contributed by atoms with Crippen LogP contribution in [0.3, 0.4) is 0 Å². The van der Waals surface area contributed by atoms with E-state index in [2.05, 4.69) is 6.58 Å². The lowest BCUT2D eigenvalue weighted by Gasteiger charge is -2.26. The van der Waals surface area contributed by atoms with E-state index < -0.39 is 0 Å². The molecule has 0 aliphatic carbocycles. The Labute approximate surface area is 136 Å². The van der Waals surface area contributed by atoms with Gasteiger partial charge in [-0.2, -0.15) is 9.59 Å². The van der Waals surface area contributed by atoms with E-state index in [0.29, 0.717) is 5.56 Å². The number of anilines is 1. The minimum absolute atomic E-state index is 0.0458. The maximum Gasteiger partial charge on any atom is 0.373 e. The topological polar surface area (TPSA) is 54.5 Å². The second-order valence-electron chi connectivity index (χ2n) is 5.07. The summed E-state index contributed by atoms with van der Waals surface area (Å²) in [5.74, 6) is -0.0458. The van der Waals surface area contributed by atoms with Gasteiger partial charge in [-0.05, 0) is 44.0 Å². The molecule has 2 aromatic carbocycles. The van der Waals surface area contributed by atoms with Crippen LogP contribution >= 0.6 is 0 Å². The predicted molar refractivity (Wildman–Crippen MR) is 89.0 cm³/mol. The minimum atomic E-state index is -0.0458. The summed E-state index contributed by atoms with van der Waals surface area (Å²) in [5.41, 5.74) is 4.44. The molecule has 2 rings (SSSR count). The summed E-state index contributed by atoms with van der Waals surface area (Å²) in [5, 5.41) is 0. The molecule has 23 heavy (non-hydrogen) atoms. The summed E-state index contributed by atoms with van der Waals surface area (Å²) in [7, 11) is 0. The highest BCUT2D eigenvalue weighted by Gasteiger charge is 2.21. The highest BCUT2D eigenvalue weighted by atomic mass is 16.2. The average molecular weight is 309 g/mol. The van der Waals surface area contributed by atoms with Gasteiger partial charge in [0.15, 0.2) is 0 Å². The Morgan fingerprint density at radius 3 is 1.87 bits per heavy atom. The highest BCUT2D eigenvalue weighted by Crippen LogP contribution is 2.28. The van der Waals surface area contributed by atoms with Crippen molar-refractivity contribution in [3.63, 3.8) is 0 Å². The molecule has 0 N–H and O–H groups in total. The van der Waals surface area contributed by atoms with Crippen LogP contribution in [0, 0.1) is 13.8 Å². The number of hydrogen-bond donors (Lipinski definition) is 0. The molecular formula is C19H19NO3. The second-order valence-corrected chi connectivity index (χ2v) is 5.07. The first-order chi connectivity index (χ1) is 10.9. The monoisotopic (exact) mass is 309 g/mol. The molecule has 4 nitrogen and oxygen atoms in total. The molecule has 0 aliphatic heterocycles. The smallest absolute Gasteiger partial charge is 0.281 e. The van der Waals surface area contributed by atoms with Crippen LogP contribution in [0.1, 0.15) is 28.4 Å². The standard InChI is InChI=1S/C18H19NO.CO2/c1-13(2)19(17-14(3)9-8-10-15(17)4)18(20)16-11-6-5-7-12-16;2-1-3/h5-12H,1H2,2-4H3;. The fourth-order valence-electron chi connectivity index (χ4n) is 2.33. The molecule has 0 aromatic heterocycles. The molecule has 0 bridgehead atoms. The van der Waals surface area contributed by atoms with Gasteiger partial charge in [0.05, 0.1) is 5.69 Å². The van der Waals surface area contributed by atoms with E-state index in [9.17, 15) is 4.79 Å². The summed E-state index contributed by atoms with van der Waals surface area (Å²) < 4.78 is 0. The Balaban J connectivity index is 0.000000816. The van der Waals surface area contributed by atoms with E-state index >= 15 is 0 Å². The van der Waals surface area contributed by atoms with Gasteiger partial charge >= 0.3 is 6.15 Å². The maximum atomic E-state index is 12.8. The van der Waals surface area contributed by atoms with Crippen molar-refractivity contribution < 1.29 is 14.4 Å². The number of para-hydroxylation sites is 1. The molecular weight excluding hydrogens is 290 g/mol. The van der Waals surface area contributed by atoms with Gasteiger partial charge in [0, 0.05) is 11.3 Å². The molecule has 118 valence electrons. The third-order valence-electron chi connectivity index (χ3n) is 3.27. The molecule has 4 heteroatoms. The molecule has 0 saturated carbocycles. The van der Waals surface area contributed by atoms with E-state index in [1.807, 2.05) is 69.3 Å². The van der Waals surface area contributed by atoms with Crippen LogP contribution in [-0.2, 0) is 9.59 Å². The fourth-order valence-corrected chi connectivity index (χ4v) is 2.33.